The number of nitrogens with zero attached hydrogens (tertiary/aromatic N) is 1. The van der Waals surface area contributed by atoms with Crippen LogP contribution < -0.4 is 10.0 Å². The molecule has 3 N–H and O–H groups in total. The lowest BCUT2D eigenvalue weighted by Crippen LogP contribution is -2.27. The van der Waals surface area contributed by atoms with Crippen molar-refractivity contribution in [3.05, 3.63) is 48.2 Å². The summed E-state index contributed by atoms with van der Waals surface area (Å²) in [6.45, 7) is 0.344. The Balaban J connectivity index is 1.62. The molecule has 146 valence electrons. The van der Waals surface area contributed by atoms with E-state index in [9.17, 15) is 22.3 Å². The lowest BCUT2D eigenvalue weighted by molar-refractivity contribution is 0.122. The number of anilines is 2. The lowest BCUT2D eigenvalue weighted by Gasteiger charge is -2.18. The molecule has 1 saturated carbocycles. The zero-order valence-electron chi connectivity index (χ0n) is 14.5. The summed E-state index contributed by atoms with van der Waals surface area (Å²) < 4.78 is 53.0. The number of nitrogens with one attached hydrogen (secondary N) is 2. The highest BCUT2D eigenvalue weighted by Gasteiger charge is 2.23. The maximum atomic E-state index is 13.2. The molecule has 1 fully saturated rings. The van der Waals surface area contributed by atoms with Crippen LogP contribution in [0.4, 0.5) is 20.3 Å². The van der Waals surface area contributed by atoms with E-state index in [4.69, 9.17) is 0 Å². The van der Waals surface area contributed by atoms with Crippen molar-refractivity contribution in [3.63, 3.8) is 0 Å². The maximum Gasteiger partial charge on any atom is 0.263 e. The average Bonchev–Trinajstić information content (AvgIpc) is 3.18. The third-order valence-corrected chi connectivity index (χ3v) is 6.02. The molecule has 1 atom stereocenters. The van der Waals surface area contributed by atoms with Crippen LogP contribution in [0.1, 0.15) is 25.7 Å². The summed E-state index contributed by atoms with van der Waals surface area (Å²) in [6, 6.07) is 5.57. The highest BCUT2D eigenvalue weighted by atomic mass is 32.2. The largest absolute Gasteiger partial charge is 0.391 e. The number of rotatable bonds is 7. The van der Waals surface area contributed by atoms with Crippen molar-refractivity contribution < 1.29 is 22.3 Å². The van der Waals surface area contributed by atoms with Gasteiger partial charge in [-0.2, -0.15) is 0 Å². The molecule has 3 rings (SSSR count). The smallest absolute Gasteiger partial charge is 0.263 e. The third kappa shape index (κ3) is 4.92. The van der Waals surface area contributed by atoms with Gasteiger partial charge in [-0.3, -0.25) is 4.72 Å². The van der Waals surface area contributed by atoms with Crippen molar-refractivity contribution in [2.45, 2.75) is 36.7 Å². The normalized spacial score (nSPS) is 16.3. The lowest BCUT2D eigenvalue weighted by atomic mass is 10.0. The van der Waals surface area contributed by atoms with Crippen molar-refractivity contribution >= 4 is 21.5 Å². The number of aromatic nitrogens is 1. The van der Waals surface area contributed by atoms with E-state index in [0.29, 0.717) is 12.4 Å². The van der Waals surface area contributed by atoms with E-state index in [1.54, 1.807) is 0 Å². The van der Waals surface area contributed by atoms with Gasteiger partial charge in [-0.1, -0.05) is 12.8 Å². The summed E-state index contributed by atoms with van der Waals surface area (Å²) in [4.78, 5) is 3.92. The standard InChI is InChI=1S/C18H21F2N3O3S/c19-15-7-5-13(9-16(15)20)23-27(25,26)14-6-8-18(21-10-14)22-11-17(24)12-3-1-2-4-12/h5-10,12,17,23-24H,1-4,11H2,(H,21,22). The molecule has 1 aromatic heterocycles. The third-order valence-electron chi connectivity index (χ3n) is 4.65. The molecule has 0 radical (unpaired) electrons. The minimum atomic E-state index is -3.98. The Labute approximate surface area is 156 Å². The molecule has 0 amide bonds. The molecule has 0 spiro atoms. The van der Waals surface area contributed by atoms with E-state index < -0.39 is 27.8 Å². The average molecular weight is 397 g/mol. The Bertz CT molecular complexity index is 885. The highest BCUT2D eigenvalue weighted by Crippen LogP contribution is 2.27. The predicted molar refractivity (Wildman–Crippen MR) is 97.9 cm³/mol. The van der Waals surface area contributed by atoms with E-state index in [-0.39, 0.29) is 16.5 Å². The summed E-state index contributed by atoms with van der Waals surface area (Å²) in [5.41, 5.74) is -0.0872. The summed E-state index contributed by atoms with van der Waals surface area (Å²) >= 11 is 0. The quantitative estimate of drug-likeness (QED) is 0.668. The molecule has 0 aliphatic heterocycles. The molecule has 6 nitrogen and oxygen atoms in total. The number of hydrogen-bond acceptors (Lipinski definition) is 5. The summed E-state index contributed by atoms with van der Waals surface area (Å²) in [7, 11) is -3.98. The first-order chi connectivity index (χ1) is 12.8. The van der Waals surface area contributed by atoms with E-state index in [0.717, 1.165) is 50.1 Å². The summed E-state index contributed by atoms with van der Waals surface area (Å²) in [5, 5.41) is 13.1. The molecule has 2 aromatic rings. The van der Waals surface area contributed by atoms with Crippen LogP contribution in [-0.2, 0) is 10.0 Å². The fourth-order valence-corrected chi connectivity index (χ4v) is 4.13. The van der Waals surface area contributed by atoms with Crippen LogP contribution in [0.5, 0.6) is 0 Å². The molecule has 1 aromatic carbocycles. The number of aliphatic hydroxyl groups is 1. The molecular formula is C18H21F2N3O3S. The van der Waals surface area contributed by atoms with Gasteiger partial charge >= 0.3 is 0 Å². The van der Waals surface area contributed by atoms with Crippen molar-refractivity contribution in [3.8, 4) is 0 Å². The van der Waals surface area contributed by atoms with Gasteiger partial charge < -0.3 is 10.4 Å². The Morgan fingerprint density at radius 1 is 1.15 bits per heavy atom. The van der Waals surface area contributed by atoms with Gasteiger partial charge in [0.2, 0.25) is 0 Å². The summed E-state index contributed by atoms with van der Waals surface area (Å²) in [6.07, 6.45) is 5.00. The molecule has 27 heavy (non-hydrogen) atoms. The second kappa shape index (κ2) is 8.18. The van der Waals surface area contributed by atoms with Crippen LogP contribution in [0.25, 0.3) is 0 Å². The van der Waals surface area contributed by atoms with Crippen LogP contribution in [0.2, 0.25) is 0 Å². The van der Waals surface area contributed by atoms with Gasteiger partial charge in [0.05, 0.1) is 11.8 Å². The molecule has 0 bridgehead atoms. The Morgan fingerprint density at radius 3 is 2.52 bits per heavy atom. The Kier molecular flexibility index (Phi) is 5.91. The van der Waals surface area contributed by atoms with E-state index >= 15 is 0 Å². The van der Waals surface area contributed by atoms with Crippen molar-refractivity contribution in [1.29, 1.82) is 0 Å². The minimum absolute atomic E-state index is 0.0872. The van der Waals surface area contributed by atoms with Crippen LogP contribution in [0.15, 0.2) is 41.4 Å². The number of sulfonamides is 1. The van der Waals surface area contributed by atoms with Crippen LogP contribution in [0.3, 0.4) is 0 Å². The fourth-order valence-electron chi connectivity index (χ4n) is 3.14. The Hall–Kier alpha value is -2.26. The van der Waals surface area contributed by atoms with E-state index in [1.165, 1.54) is 12.1 Å². The van der Waals surface area contributed by atoms with Gasteiger partial charge in [-0.05, 0) is 43.0 Å². The topological polar surface area (TPSA) is 91.3 Å². The van der Waals surface area contributed by atoms with Crippen molar-refractivity contribution in [2.24, 2.45) is 5.92 Å². The second-order valence-electron chi connectivity index (χ2n) is 6.61. The molecule has 0 saturated heterocycles. The van der Waals surface area contributed by atoms with Gasteiger partial charge in [-0.15, -0.1) is 0 Å². The minimum Gasteiger partial charge on any atom is -0.391 e. The number of pyridine rings is 1. The van der Waals surface area contributed by atoms with Gasteiger partial charge in [0.1, 0.15) is 10.7 Å². The van der Waals surface area contributed by atoms with Gasteiger partial charge in [0.25, 0.3) is 10.0 Å². The summed E-state index contributed by atoms with van der Waals surface area (Å²) in [5.74, 6) is -1.47. The SMILES string of the molecule is O=S(=O)(Nc1ccc(F)c(F)c1)c1ccc(NCC(O)C2CCCC2)nc1. The first-order valence-corrected chi connectivity index (χ1v) is 10.2. The van der Waals surface area contributed by atoms with Crippen molar-refractivity contribution in [2.75, 3.05) is 16.6 Å². The molecule has 1 unspecified atom stereocenters. The van der Waals surface area contributed by atoms with E-state index in [2.05, 4.69) is 15.0 Å². The Morgan fingerprint density at radius 2 is 1.89 bits per heavy atom. The number of benzene rings is 1. The zero-order chi connectivity index (χ0) is 19.4. The first kappa shape index (κ1) is 19.5. The number of hydrogen-bond donors (Lipinski definition) is 3. The molecular weight excluding hydrogens is 376 g/mol. The molecule has 1 heterocycles. The second-order valence-corrected chi connectivity index (χ2v) is 8.29. The number of aliphatic hydroxyl groups excluding tert-OH is 1. The van der Waals surface area contributed by atoms with Crippen molar-refractivity contribution in [1.82, 2.24) is 4.98 Å². The van der Waals surface area contributed by atoms with Crippen LogP contribution in [0, 0.1) is 17.6 Å². The van der Waals surface area contributed by atoms with Crippen LogP contribution in [-0.4, -0.2) is 31.2 Å². The van der Waals surface area contributed by atoms with Gasteiger partial charge in [0.15, 0.2) is 11.6 Å². The number of halogens is 2. The molecule has 9 heteroatoms. The fraction of sp³-hybridized carbons (Fsp3) is 0.389. The first-order valence-electron chi connectivity index (χ1n) is 8.71. The predicted octanol–water partition coefficient (Wildman–Crippen LogP) is 3.12. The van der Waals surface area contributed by atoms with E-state index in [1.807, 2.05) is 0 Å². The maximum absolute atomic E-state index is 13.2. The van der Waals surface area contributed by atoms with Gasteiger partial charge in [0, 0.05) is 18.8 Å². The van der Waals surface area contributed by atoms with Gasteiger partial charge in [-0.25, -0.2) is 22.2 Å². The monoisotopic (exact) mass is 397 g/mol. The van der Waals surface area contributed by atoms with Crippen LogP contribution >= 0.6 is 0 Å². The molecule has 1 aliphatic carbocycles. The molecule has 1 aliphatic rings. The highest BCUT2D eigenvalue weighted by molar-refractivity contribution is 7.92. The zero-order valence-corrected chi connectivity index (χ0v) is 15.3.